The van der Waals surface area contributed by atoms with Crippen LogP contribution >= 0.6 is 31.9 Å². The van der Waals surface area contributed by atoms with Crippen molar-refractivity contribution in [1.82, 2.24) is 0 Å². The minimum Gasteiger partial charge on any atom is -0.462 e. The Morgan fingerprint density at radius 2 is 1.67 bits per heavy atom. The van der Waals surface area contributed by atoms with E-state index in [0.29, 0.717) is 28.8 Å². The van der Waals surface area contributed by atoms with Gasteiger partial charge in [-0.1, -0.05) is 57.3 Å². The van der Waals surface area contributed by atoms with E-state index in [1.807, 2.05) is 31.2 Å². The predicted molar refractivity (Wildman–Crippen MR) is 145 cm³/mol. The molecule has 5 rings (SSSR count). The number of anilines is 1. The van der Waals surface area contributed by atoms with Gasteiger partial charge in [0.05, 0.1) is 29.2 Å². The number of nitrogens with zero attached hydrogens (tertiary/aromatic N) is 1. The Balaban J connectivity index is 1.62. The molecule has 2 heterocycles. The molecule has 1 atom stereocenters. The van der Waals surface area contributed by atoms with Gasteiger partial charge in [0.1, 0.15) is 5.58 Å². The number of unbranched alkanes of at least 4 members (excludes halogenated alkanes) is 1. The lowest BCUT2D eigenvalue weighted by atomic mass is 9.98. The van der Waals surface area contributed by atoms with Crippen molar-refractivity contribution in [2.45, 2.75) is 25.8 Å². The van der Waals surface area contributed by atoms with Gasteiger partial charge in [-0.05, 0) is 66.6 Å². The highest BCUT2D eigenvalue weighted by Crippen LogP contribution is 2.41. The van der Waals surface area contributed by atoms with Crippen molar-refractivity contribution in [1.29, 1.82) is 0 Å². The van der Waals surface area contributed by atoms with Gasteiger partial charge in [-0.25, -0.2) is 4.79 Å². The van der Waals surface area contributed by atoms with E-state index in [2.05, 4.69) is 31.9 Å². The molecular weight excluding hydrogens is 590 g/mol. The first-order chi connectivity index (χ1) is 17.4. The van der Waals surface area contributed by atoms with Crippen LogP contribution in [0.4, 0.5) is 5.69 Å². The molecule has 1 aliphatic rings. The molecule has 0 spiro atoms. The van der Waals surface area contributed by atoms with Crippen LogP contribution in [-0.2, 0) is 4.74 Å². The van der Waals surface area contributed by atoms with Crippen molar-refractivity contribution < 1.29 is 18.7 Å². The van der Waals surface area contributed by atoms with Crippen LogP contribution in [0.1, 0.15) is 57.8 Å². The Morgan fingerprint density at radius 3 is 2.36 bits per heavy atom. The van der Waals surface area contributed by atoms with Crippen molar-refractivity contribution in [3.63, 3.8) is 0 Å². The summed E-state index contributed by atoms with van der Waals surface area (Å²) in [5.74, 6) is -0.812. The van der Waals surface area contributed by atoms with Crippen molar-refractivity contribution in [2.24, 2.45) is 0 Å². The topological polar surface area (TPSA) is 76.8 Å². The third kappa shape index (κ3) is 4.40. The summed E-state index contributed by atoms with van der Waals surface area (Å²) in [7, 11) is 0. The molecule has 1 aliphatic heterocycles. The molecule has 0 saturated heterocycles. The highest BCUT2D eigenvalue weighted by molar-refractivity contribution is 9.10. The SMILES string of the molecule is CCCCOC(=O)c1ccc(N2C(=O)c3oc4ccc(Br)cc4c(=O)c3C2c2ccc(Br)cc2)cc1. The molecule has 1 aromatic heterocycles. The fraction of sp³-hybridized carbons (Fsp3) is 0.179. The summed E-state index contributed by atoms with van der Waals surface area (Å²) in [6.07, 6.45) is 1.73. The van der Waals surface area contributed by atoms with Crippen LogP contribution in [0.3, 0.4) is 0 Å². The highest BCUT2D eigenvalue weighted by Gasteiger charge is 2.43. The highest BCUT2D eigenvalue weighted by atomic mass is 79.9. The molecule has 6 nitrogen and oxygen atoms in total. The van der Waals surface area contributed by atoms with Crippen LogP contribution in [0.5, 0.6) is 0 Å². The number of esters is 1. The van der Waals surface area contributed by atoms with Gasteiger partial charge in [0.2, 0.25) is 5.76 Å². The maximum atomic E-state index is 13.7. The summed E-state index contributed by atoms with van der Waals surface area (Å²) in [5, 5.41) is 0.394. The Hall–Kier alpha value is -3.23. The largest absolute Gasteiger partial charge is 0.462 e. The van der Waals surface area contributed by atoms with E-state index in [-0.39, 0.29) is 16.8 Å². The van der Waals surface area contributed by atoms with Crippen molar-refractivity contribution >= 4 is 60.4 Å². The minimum atomic E-state index is -0.692. The second kappa shape index (κ2) is 10.0. The number of benzene rings is 3. The summed E-state index contributed by atoms with van der Waals surface area (Å²) in [6, 6.07) is 18.5. The van der Waals surface area contributed by atoms with Crippen LogP contribution < -0.4 is 10.3 Å². The molecule has 0 fully saturated rings. The molecule has 4 aromatic rings. The lowest BCUT2D eigenvalue weighted by Crippen LogP contribution is -2.29. The number of ether oxygens (including phenoxy) is 1. The molecule has 3 aromatic carbocycles. The van der Waals surface area contributed by atoms with Crippen LogP contribution in [0.2, 0.25) is 0 Å². The monoisotopic (exact) mass is 609 g/mol. The van der Waals surface area contributed by atoms with Crippen LogP contribution in [0.15, 0.2) is 84.9 Å². The van der Waals surface area contributed by atoms with Crippen LogP contribution in [0.25, 0.3) is 11.0 Å². The smallest absolute Gasteiger partial charge is 0.338 e. The van der Waals surface area contributed by atoms with Gasteiger partial charge in [-0.2, -0.15) is 0 Å². The fourth-order valence-electron chi connectivity index (χ4n) is 4.32. The third-order valence-corrected chi connectivity index (χ3v) is 7.15. The minimum absolute atomic E-state index is 0.0193. The third-order valence-electron chi connectivity index (χ3n) is 6.13. The van der Waals surface area contributed by atoms with Crippen molar-refractivity contribution in [2.75, 3.05) is 11.5 Å². The molecule has 0 N–H and O–H groups in total. The Bertz CT molecular complexity index is 1530. The van der Waals surface area contributed by atoms with E-state index in [0.717, 1.165) is 27.4 Å². The van der Waals surface area contributed by atoms with Gasteiger partial charge in [0.25, 0.3) is 5.91 Å². The van der Waals surface area contributed by atoms with E-state index < -0.39 is 17.9 Å². The Labute approximate surface area is 224 Å². The number of amides is 1. The van der Waals surface area contributed by atoms with Crippen LogP contribution in [-0.4, -0.2) is 18.5 Å². The molecule has 0 bridgehead atoms. The number of fused-ring (bicyclic) bond motifs is 2. The number of hydrogen-bond donors (Lipinski definition) is 0. The average molecular weight is 611 g/mol. The molecule has 0 radical (unpaired) electrons. The zero-order valence-electron chi connectivity index (χ0n) is 19.3. The van der Waals surface area contributed by atoms with E-state index >= 15 is 0 Å². The molecule has 0 saturated carbocycles. The Kier molecular flexibility index (Phi) is 6.81. The summed E-state index contributed by atoms with van der Waals surface area (Å²) in [5.41, 5.74) is 2.06. The molecular formula is C28H21Br2NO5. The first kappa shape index (κ1) is 24.5. The van der Waals surface area contributed by atoms with E-state index in [9.17, 15) is 14.4 Å². The number of halogens is 2. The number of rotatable bonds is 6. The average Bonchev–Trinajstić information content (AvgIpc) is 3.17. The maximum Gasteiger partial charge on any atom is 0.338 e. The number of carbonyl (C=O) groups excluding carboxylic acids is 2. The van der Waals surface area contributed by atoms with E-state index in [1.165, 1.54) is 0 Å². The maximum absolute atomic E-state index is 13.7. The first-order valence-corrected chi connectivity index (χ1v) is 13.1. The molecule has 36 heavy (non-hydrogen) atoms. The second-order valence-electron chi connectivity index (χ2n) is 8.48. The molecule has 1 amide bonds. The first-order valence-electron chi connectivity index (χ1n) is 11.5. The van der Waals surface area contributed by atoms with Gasteiger partial charge < -0.3 is 9.15 Å². The summed E-state index contributed by atoms with van der Waals surface area (Å²) in [6.45, 7) is 2.39. The zero-order valence-corrected chi connectivity index (χ0v) is 22.5. The summed E-state index contributed by atoms with van der Waals surface area (Å²) in [4.78, 5) is 41.3. The van der Waals surface area contributed by atoms with Gasteiger partial charge in [0.15, 0.2) is 5.43 Å². The molecule has 8 heteroatoms. The second-order valence-corrected chi connectivity index (χ2v) is 10.3. The molecule has 1 unspecified atom stereocenters. The Morgan fingerprint density at radius 1 is 0.972 bits per heavy atom. The van der Waals surface area contributed by atoms with Crippen LogP contribution in [0, 0.1) is 0 Å². The summed E-state index contributed by atoms with van der Waals surface area (Å²) < 4.78 is 12.9. The van der Waals surface area contributed by atoms with Crippen molar-refractivity contribution in [3.05, 3.63) is 108 Å². The molecule has 182 valence electrons. The summed E-state index contributed by atoms with van der Waals surface area (Å²) >= 11 is 6.86. The van der Waals surface area contributed by atoms with E-state index in [1.54, 1.807) is 47.4 Å². The van der Waals surface area contributed by atoms with E-state index in [4.69, 9.17) is 9.15 Å². The number of hydrogen-bond acceptors (Lipinski definition) is 5. The lowest BCUT2D eigenvalue weighted by molar-refractivity contribution is 0.0499. The predicted octanol–water partition coefficient (Wildman–Crippen LogP) is 7.02. The van der Waals surface area contributed by atoms with Crippen molar-refractivity contribution in [3.8, 4) is 0 Å². The zero-order chi connectivity index (χ0) is 25.4. The quantitative estimate of drug-likeness (QED) is 0.173. The standard InChI is InChI=1S/C28H21Br2NO5/c1-2-3-14-35-28(34)17-6-11-20(12-7-17)31-24(16-4-8-18(29)9-5-16)23-25(32)21-15-19(30)10-13-22(21)36-26(23)27(31)33/h4-13,15,24H,2-3,14H2,1H3. The normalized spacial score (nSPS) is 14.8. The number of carbonyl (C=O) groups is 2. The van der Waals surface area contributed by atoms with Gasteiger partial charge in [-0.3, -0.25) is 14.5 Å². The van der Waals surface area contributed by atoms with Gasteiger partial charge in [-0.15, -0.1) is 0 Å². The van der Waals surface area contributed by atoms with Gasteiger partial charge >= 0.3 is 5.97 Å². The lowest BCUT2D eigenvalue weighted by Gasteiger charge is -2.25. The van der Waals surface area contributed by atoms with Gasteiger partial charge in [0, 0.05) is 14.6 Å². The molecule has 0 aliphatic carbocycles. The fourth-order valence-corrected chi connectivity index (χ4v) is 4.95.